The highest BCUT2D eigenvalue weighted by Crippen LogP contribution is 2.37. The van der Waals surface area contributed by atoms with Gasteiger partial charge in [0.15, 0.2) is 0 Å². The summed E-state index contributed by atoms with van der Waals surface area (Å²) < 4.78 is 6.44. The van der Waals surface area contributed by atoms with Crippen LogP contribution in [-0.2, 0) is 9.53 Å². The zero-order valence-corrected chi connectivity index (χ0v) is 19.4. The maximum absolute atomic E-state index is 13.2. The van der Waals surface area contributed by atoms with Gasteiger partial charge < -0.3 is 10.1 Å². The molecule has 0 fully saturated rings. The van der Waals surface area contributed by atoms with Crippen LogP contribution >= 0.6 is 11.3 Å². The molecule has 0 unspecified atom stereocenters. The molecule has 0 aliphatic heterocycles. The van der Waals surface area contributed by atoms with Gasteiger partial charge in [0, 0.05) is 22.4 Å². The topological polar surface area (TPSA) is 55.4 Å². The summed E-state index contributed by atoms with van der Waals surface area (Å²) in [5.41, 5.74) is 2.60. The third-order valence-electron chi connectivity index (χ3n) is 5.58. The Labute approximate surface area is 198 Å². The Bertz CT molecular complexity index is 1180. The van der Waals surface area contributed by atoms with Crippen molar-refractivity contribution in [2.45, 2.75) is 32.1 Å². The normalized spacial score (nSPS) is 11.0. The average molecular weight is 458 g/mol. The van der Waals surface area contributed by atoms with Crippen molar-refractivity contribution in [2.24, 2.45) is 0 Å². The third-order valence-corrected chi connectivity index (χ3v) is 6.66. The van der Waals surface area contributed by atoms with Crippen LogP contribution in [0.4, 0.5) is 5.00 Å². The van der Waals surface area contributed by atoms with Gasteiger partial charge in [0.25, 0.3) is 0 Å². The summed E-state index contributed by atoms with van der Waals surface area (Å²) in [6, 6.07) is 27.7. The van der Waals surface area contributed by atoms with Crippen LogP contribution < -0.4 is 5.32 Å². The third kappa shape index (κ3) is 5.49. The quantitative estimate of drug-likeness (QED) is 0.217. The Kier molecular flexibility index (Phi) is 7.53. The molecule has 4 nitrogen and oxygen atoms in total. The van der Waals surface area contributed by atoms with Crippen molar-refractivity contribution in [3.8, 4) is 0 Å². The number of unbranched alkanes of at least 4 members (excludes halogenated alkanes) is 1. The number of amides is 1. The summed E-state index contributed by atoms with van der Waals surface area (Å²) in [4.78, 5) is 26.1. The lowest BCUT2D eigenvalue weighted by Crippen LogP contribution is -2.18. The van der Waals surface area contributed by atoms with Crippen molar-refractivity contribution < 1.29 is 14.3 Å². The van der Waals surface area contributed by atoms with Crippen LogP contribution in [0.2, 0.25) is 0 Å². The van der Waals surface area contributed by atoms with E-state index < -0.39 is 0 Å². The molecular formula is C28H27NO3S. The van der Waals surface area contributed by atoms with Crippen LogP contribution in [0.5, 0.6) is 0 Å². The van der Waals surface area contributed by atoms with E-state index in [-0.39, 0.29) is 24.2 Å². The van der Waals surface area contributed by atoms with E-state index >= 15 is 0 Å². The lowest BCUT2D eigenvalue weighted by atomic mass is 9.88. The Balaban J connectivity index is 1.60. The van der Waals surface area contributed by atoms with E-state index in [4.69, 9.17) is 4.74 Å². The second-order valence-corrected chi connectivity index (χ2v) is 8.97. The molecule has 168 valence electrons. The number of nitrogens with one attached hydrogen (secondary N) is 1. The van der Waals surface area contributed by atoms with Crippen molar-refractivity contribution >= 4 is 38.3 Å². The molecule has 0 aliphatic rings. The molecule has 4 aromatic rings. The molecule has 0 saturated carbocycles. The second-order valence-electron chi connectivity index (χ2n) is 7.92. The highest BCUT2D eigenvalue weighted by molar-refractivity contribution is 7.23. The monoisotopic (exact) mass is 457 g/mol. The molecular weight excluding hydrogens is 430 g/mol. The summed E-state index contributed by atoms with van der Waals surface area (Å²) in [6.07, 6.45) is 2.03. The second kappa shape index (κ2) is 10.9. The predicted octanol–water partition coefficient (Wildman–Crippen LogP) is 7.02. The van der Waals surface area contributed by atoms with Gasteiger partial charge in [-0.1, -0.05) is 92.2 Å². The molecule has 1 aromatic heterocycles. The van der Waals surface area contributed by atoms with E-state index in [9.17, 15) is 9.59 Å². The van der Waals surface area contributed by atoms with Crippen molar-refractivity contribution in [3.63, 3.8) is 0 Å². The number of thiophene rings is 1. The standard InChI is InChI=1S/C28H27NO3S/c1-2-3-18-32-28(31)26-22-16-10-11-17-24(22)33-27(26)29-25(30)19-23(20-12-6-4-7-13-20)21-14-8-5-9-15-21/h4-17,23H,2-3,18-19H2,1H3,(H,29,30). The van der Waals surface area contributed by atoms with Crippen LogP contribution in [0.15, 0.2) is 84.9 Å². The van der Waals surface area contributed by atoms with Gasteiger partial charge in [-0.25, -0.2) is 4.79 Å². The molecule has 1 amide bonds. The maximum Gasteiger partial charge on any atom is 0.341 e. The van der Waals surface area contributed by atoms with Crippen LogP contribution in [-0.4, -0.2) is 18.5 Å². The van der Waals surface area contributed by atoms with Gasteiger partial charge in [-0.3, -0.25) is 4.79 Å². The zero-order chi connectivity index (χ0) is 23.0. The number of hydrogen-bond donors (Lipinski definition) is 1. The molecule has 0 radical (unpaired) electrons. The molecule has 5 heteroatoms. The fourth-order valence-corrected chi connectivity index (χ4v) is 4.99. The minimum Gasteiger partial charge on any atom is -0.462 e. The first-order valence-corrected chi connectivity index (χ1v) is 12.1. The molecule has 0 spiro atoms. The van der Waals surface area contributed by atoms with E-state index in [0.29, 0.717) is 17.2 Å². The van der Waals surface area contributed by atoms with Crippen molar-refractivity contribution in [2.75, 3.05) is 11.9 Å². The van der Waals surface area contributed by atoms with E-state index in [1.807, 2.05) is 84.9 Å². The number of esters is 1. The molecule has 33 heavy (non-hydrogen) atoms. The number of hydrogen-bond acceptors (Lipinski definition) is 4. The number of fused-ring (bicyclic) bond motifs is 1. The molecule has 1 heterocycles. The number of rotatable bonds is 9. The van der Waals surface area contributed by atoms with E-state index in [2.05, 4.69) is 12.2 Å². The van der Waals surface area contributed by atoms with Crippen LogP contribution in [0, 0.1) is 0 Å². The van der Waals surface area contributed by atoms with Crippen LogP contribution in [0.1, 0.15) is 53.6 Å². The largest absolute Gasteiger partial charge is 0.462 e. The Morgan fingerprint density at radius 2 is 1.48 bits per heavy atom. The van der Waals surface area contributed by atoms with Crippen LogP contribution in [0.25, 0.3) is 10.1 Å². The van der Waals surface area contributed by atoms with Gasteiger partial charge in [0.1, 0.15) is 10.6 Å². The van der Waals surface area contributed by atoms with Crippen molar-refractivity contribution in [1.82, 2.24) is 0 Å². The Morgan fingerprint density at radius 3 is 2.12 bits per heavy atom. The fraction of sp³-hybridized carbons (Fsp3) is 0.214. The fourth-order valence-electron chi connectivity index (χ4n) is 3.88. The molecule has 4 rings (SSSR count). The lowest BCUT2D eigenvalue weighted by molar-refractivity contribution is -0.116. The van der Waals surface area contributed by atoms with Gasteiger partial charge >= 0.3 is 5.97 Å². The summed E-state index contributed by atoms with van der Waals surface area (Å²) in [5, 5.41) is 4.37. The first kappa shape index (κ1) is 22.7. The molecule has 3 aromatic carbocycles. The lowest BCUT2D eigenvalue weighted by Gasteiger charge is -2.18. The summed E-state index contributed by atoms with van der Waals surface area (Å²) in [6.45, 7) is 2.42. The minimum atomic E-state index is -0.390. The van der Waals surface area contributed by atoms with Gasteiger partial charge in [0.2, 0.25) is 5.91 Å². The highest BCUT2D eigenvalue weighted by atomic mass is 32.1. The molecule has 0 bridgehead atoms. The van der Waals surface area contributed by atoms with Gasteiger partial charge in [-0.05, 0) is 23.6 Å². The maximum atomic E-state index is 13.2. The van der Waals surface area contributed by atoms with Crippen molar-refractivity contribution in [3.05, 3.63) is 102 Å². The molecule has 0 saturated heterocycles. The first-order valence-electron chi connectivity index (χ1n) is 11.3. The number of anilines is 1. The first-order chi connectivity index (χ1) is 16.2. The average Bonchev–Trinajstić information content (AvgIpc) is 3.21. The number of carbonyl (C=O) groups is 2. The molecule has 0 atom stereocenters. The summed E-state index contributed by atoms with van der Waals surface area (Å²) in [7, 11) is 0. The van der Waals surface area contributed by atoms with Gasteiger partial charge in [0.05, 0.1) is 6.61 Å². The highest BCUT2D eigenvalue weighted by Gasteiger charge is 2.24. The Morgan fingerprint density at radius 1 is 0.879 bits per heavy atom. The minimum absolute atomic E-state index is 0.0817. The zero-order valence-electron chi connectivity index (χ0n) is 18.6. The predicted molar refractivity (Wildman–Crippen MR) is 135 cm³/mol. The van der Waals surface area contributed by atoms with E-state index in [0.717, 1.165) is 34.1 Å². The van der Waals surface area contributed by atoms with Gasteiger partial charge in [-0.15, -0.1) is 11.3 Å². The SMILES string of the molecule is CCCCOC(=O)c1c(NC(=O)CC(c2ccccc2)c2ccccc2)sc2ccccc12. The molecule has 0 aliphatic carbocycles. The van der Waals surface area contributed by atoms with Gasteiger partial charge in [-0.2, -0.15) is 0 Å². The Hall–Kier alpha value is -3.44. The molecule has 1 N–H and O–H groups in total. The van der Waals surface area contributed by atoms with Crippen LogP contribution in [0.3, 0.4) is 0 Å². The summed E-state index contributed by atoms with van der Waals surface area (Å²) in [5.74, 6) is -0.609. The number of benzene rings is 3. The number of ether oxygens (including phenoxy) is 1. The van der Waals surface area contributed by atoms with E-state index in [1.165, 1.54) is 11.3 Å². The number of carbonyl (C=O) groups excluding carboxylic acids is 2. The van der Waals surface area contributed by atoms with Crippen molar-refractivity contribution in [1.29, 1.82) is 0 Å². The van der Waals surface area contributed by atoms with E-state index in [1.54, 1.807) is 0 Å². The smallest absolute Gasteiger partial charge is 0.341 e. The summed E-state index contributed by atoms with van der Waals surface area (Å²) >= 11 is 1.41.